The monoisotopic (exact) mass is 467 g/mol. The highest BCUT2D eigenvalue weighted by Gasteiger charge is 2.21. The number of ether oxygens (including phenoxy) is 1. The quantitative estimate of drug-likeness (QED) is 0.548. The van der Waals surface area contributed by atoms with Crippen LogP contribution >= 0.6 is 12.2 Å². The molecule has 0 unspecified atom stereocenters. The molecule has 0 atom stereocenters. The Kier molecular flexibility index (Phi) is 7.25. The Morgan fingerprint density at radius 3 is 2.45 bits per heavy atom. The molecular weight excluding hydrogens is 437 g/mol. The Bertz CT molecular complexity index is 1110. The molecule has 0 saturated carbocycles. The third-order valence-corrected chi connectivity index (χ3v) is 6.42. The molecule has 0 amide bonds. The summed E-state index contributed by atoms with van der Waals surface area (Å²) in [4.78, 5) is 4.65. The van der Waals surface area contributed by atoms with E-state index in [0.29, 0.717) is 6.54 Å². The van der Waals surface area contributed by atoms with Crippen LogP contribution in [0.15, 0.2) is 48.5 Å². The summed E-state index contributed by atoms with van der Waals surface area (Å²) in [7, 11) is 1.70. The lowest BCUT2D eigenvalue weighted by atomic mass is 10.2. The van der Waals surface area contributed by atoms with Crippen molar-refractivity contribution in [2.75, 3.05) is 38.6 Å². The summed E-state index contributed by atoms with van der Waals surface area (Å²) >= 11 is 5.73. The number of benzene rings is 2. The summed E-state index contributed by atoms with van der Waals surface area (Å²) in [6, 6.07) is 14.8. The molecule has 8 heteroatoms. The van der Waals surface area contributed by atoms with Gasteiger partial charge >= 0.3 is 0 Å². The van der Waals surface area contributed by atoms with Crippen molar-refractivity contribution in [3.8, 4) is 5.75 Å². The largest absolute Gasteiger partial charge is 0.497 e. The SMILES string of the molecule is COc1cccc(CN2CCN(C(=S)Nc3c(C)nn(Cc4ccc(F)cc4)c3C)CC2)c1. The zero-order valence-corrected chi connectivity index (χ0v) is 20.2. The van der Waals surface area contributed by atoms with Crippen LogP contribution < -0.4 is 10.1 Å². The fourth-order valence-corrected chi connectivity index (χ4v) is 4.40. The molecule has 4 rings (SSSR count). The number of hydrogen-bond donors (Lipinski definition) is 1. The molecule has 0 bridgehead atoms. The standard InChI is InChI=1S/C25H30FN5OS/c1-18-24(19(2)31(28-18)17-20-7-9-22(26)10-8-20)27-25(33)30-13-11-29(12-14-30)16-21-5-4-6-23(15-21)32-3/h4-10,15H,11-14,16-17H2,1-3H3,(H,27,33). The second kappa shape index (κ2) is 10.3. The van der Waals surface area contributed by atoms with Crippen molar-refractivity contribution in [1.82, 2.24) is 19.6 Å². The molecule has 1 aliphatic heterocycles. The summed E-state index contributed by atoms with van der Waals surface area (Å²) in [6.07, 6.45) is 0. The Balaban J connectivity index is 1.33. The highest BCUT2D eigenvalue weighted by atomic mass is 32.1. The van der Waals surface area contributed by atoms with E-state index in [1.807, 2.05) is 30.7 Å². The second-order valence-electron chi connectivity index (χ2n) is 8.37. The first-order valence-electron chi connectivity index (χ1n) is 11.1. The van der Waals surface area contributed by atoms with Gasteiger partial charge in [0, 0.05) is 32.7 Å². The minimum Gasteiger partial charge on any atom is -0.497 e. The van der Waals surface area contributed by atoms with Crippen LogP contribution in [-0.2, 0) is 13.1 Å². The topological polar surface area (TPSA) is 45.6 Å². The number of aryl methyl sites for hydroxylation is 1. The van der Waals surface area contributed by atoms with E-state index in [9.17, 15) is 4.39 Å². The number of rotatable bonds is 6. The molecule has 174 valence electrons. The van der Waals surface area contributed by atoms with Crippen molar-refractivity contribution >= 4 is 23.0 Å². The average Bonchev–Trinajstić information content (AvgIpc) is 3.08. The van der Waals surface area contributed by atoms with Crippen molar-refractivity contribution < 1.29 is 9.13 Å². The van der Waals surface area contributed by atoms with E-state index in [4.69, 9.17) is 17.0 Å². The average molecular weight is 468 g/mol. The van der Waals surface area contributed by atoms with Gasteiger partial charge in [-0.15, -0.1) is 0 Å². The van der Waals surface area contributed by atoms with Gasteiger partial charge in [0.2, 0.25) is 0 Å². The molecule has 6 nitrogen and oxygen atoms in total. The predicted octanol–water partition coefficient (Wildman–Crippen LogP) is 4.21. The fourth-order valence-electron chi connectivity index (χ4n) is 4.12. The van der Waals surface area contributed by atoms with Gasteiger partial charge in [-0.3, -0.25) is 9.58 Å². The summed E-state index contributed by atoms with van der Waals surface area (Å²) in [5.41, 5.74) is 5.11. The number of piperazine rings is 1. The van der Waals surface area contributed by atoms with E-state index in [0.717, 1.165) is 66.2 Å². The minimum atomic E-state index is -0.233. The summed E-state index contributed by atoms with van der Waals surface area (Å²) in [6.45, 7) is 9.13. The van der Waals surface area contributed by atoms with Crippen molar-refractivity contribution in [3.63, 3.8) is 0 Å². The zero-order valence-electron chi connectivity index (χ0n) is 19.3. The lowest BCUT2D eigenvalue weighted by molar-refractivity contribution is 0.177. The van der Waals surface area contributed by atoms with Crippen molar-refractivity contribution in [3.05, 3.63) is 76.9 Å². The highest BCUT2D eigenvalue weighted by molar-refractivity contribution is 7.80. The number of halogens is 1. The molecule has 1 aliphatic rings. The number of nitrogens with zero attached hydrogens (tertiary/aromatic N) is 4. The van der Waals surface area contributed by atoms with Gasteiger partial charge in [-0.2, -0.15) is 5.10 Å². The van der Waals surface area contributed by atoms with E-state index in [2.05, 4.69) is 32.3 Å². The van der Waals surface area contributed by atoms with Gasteiger partial charge in [0.15, 0.2) is 5.11 Å². The van der Waals surface area contributed by atoms with Crippen LogP contribution in [-0.4, -0.2) is 58.0 Å². The van der Waals surface area contributed by atoms with Crippen molar-refractivity contribution in [1.29, 1.82) is 0 Å². The molecule has 1 fully saturated rings. The first kappa shape index (κ1) is 23.2. The van der Waals surface area contributed by atoms with Crippen molar-refractivity contribution in [2.45, 2.75) is 26.9 Å². The first-order chi connectivity index (χ1) is 15.9. The molecule has 0 radical (unpaired) electrons. The van der Waals surface area contributed by atoms with Crippen LogP contribution in [0.3, 0.4) is 0 Å². The third kappa shape index (κ3) is 5.69. The van der Waals surface area contributed by atoms with Gasteiger partial charge < -0.3 is 15.0 Å². The number of methoxy groups -OCH3 is 1. The molecule has 3 aromatic rings. The highest BCUT2D eigenvalue weighted by Crippen LogP contribution is 2.22. The molecule has 1 saturated heterocycles. The van der Waals surface area contributed by atoms with Crippen molar-refractivity contribution in [2.24, 2.45) is 0 Å². The van der Waals surface area contributed by atoms with Crippen LogP contribution in [0, 0.1) is 19.7 Å². The lowest BCUT2D eigenvalue weighted by Gasteiger charge is -2.36. The Morgan fingerprint density at radius 2 is 1.76 bits per heavy atom. The van der Waals surface area contributed by atoms with Crippen LogP contribution in [0.2, 0.25) is 0 Å². The molecule has 2 heterocycles. The summed E-state index contributed by atoms with van der Waals surface area (Å²) in [5, 5.41) is 8.81. The summed E-state index contributed by atoms with van der Waals surface area (Å²) in [5.74, 6) is 0.658. The third-order valence-electron chi connectivity index (χ3n) is 6.06. The first-order valence-corrected chi connectivity index (χ1v) is 11.5. The normalized spacial score (nSPS) is 14.4. The van der Waals surface area contributed by atoms with Gasteiger partial charge in [0.05, 0.1) is 30.7 Å². The molecule has 33 heavy (non-hydrogen) atoms. The lowest BCUT2D eigenvalue weighted by Crippen LogP contribution is -2.49. The zero-order chi connectivity index (χ0) is 23.4. The molecule has 0 spiro atoms. The Morgan fingerprint density at radius 1 is 1.03 bits per heavy atom. The second-order valence-corrected chi connectivity index (χ2v) is 8.76. The van der Waals surface area contributed by atoms with E-state index >= 15 is 0 Å². The number of anilines is 1. The Labute approximate surface area is 200 Å². The predicted molar refractivity (Wildman–Crippen MR) is 133 cm³/mol. The van der Waals surface area contributed by atoms with E-state index in [-0.39, 0.29) is 5.82 Å². The van der Waals surface area contributed by atoms with Crippen LogP contribution in [0.4, 0.5) is 10.1 Å². The maximum Gasteiger partial charge on any atom is 0.173 e. The number of thiocarbonyl (C=S) groups is 1. The molecule has 1 aromatic heterocycles. The summed E-state index contributed by atoms with van der Waals surface area (Å²) < 4.78 is 20.5. The minimum absolute atomic E-state index is 0.233. The molecule has 2 aromatic carbocycles. The van der Waals surface area contributed by atoms with Gasteiger partial charge in [-0.05, 0) is 61.5 Å². The molecular formula is C25H30FN5OS. The number of aromatic nitrogens is 2. The number of nitrogens with one attached hydrogen (secondary N) is 1. The maximum atomic E-state index is 13.2. The van der Waals surface area contributed by atoms with Crippen LogP contribution in [0.25, 0.3) is 0 Å². The maximum absolute atomic E-state index is 13.2. The van der Waals surface area contributed by atoms with E-state index in [1.165, 1.54) is 17.7 Å². The van der Waals surface area contributed by atoms with Crippen LogP contribution in [0.5, 0.6) is 5.75 Å². The van der Waals surface area contributed by atoms with Gasteiger partial charge in [0.1, 0.15) is 11.6 Å². The molecule has 0 aliphatic carbocycles. The number of hydrogen-bond acceptors (Lipinski definition) is 4. The van der Waals surface area contributed by atoms with E-state index < -0.39 is 0 Å². The molecule has 1 N–H and O–H groups in total. The van der Waals surface area contributed by atoms with Crippen LogP contribution in [0.1, 0.15) is 22.5 Å². The Hall–Kier alpha value is -2.97. The fraction of sp³-hybridized carbons (Fsp3) is 0.360. The van der Waals surface area contributed by atoms with E-state index in [1.54, 1.807) is 19.2 Å². The van der Waals surface area contributed by atoms with Gasteiger partial charge in [-0.25, -0.2) is 4.39 Å². The van der Waals surface area contributed by atoms with Gasteiger partial charge in [-0.1, -0.05) is 24.3 Å². The smallest absolute Gasteiger partial charge is 0.173 e. The van der Waals surface area contributed by atoms with Gasteiger partial charge in [0.25, 0.3) is 0 Å².